The lowest BCUT2D eigenvalue weighted by molar-refractivity contribution is -0.131. The zero-order chi connectivity index (χ0) is 19.1. The van der Waals surface area contributed by atoms with Crippen molar-refractivity contribution in [2.45, 2.75) is 34.1 Å². The van der Waals surface area contributed by atoms with Crippen molar-refractivity contribution >= 4 is 28.3 Å². The minimum Gasteiger partial charge on any atom is -0.342 e. The molecule has 2 rings (SSSR count). The van der Waals surface area contributed by atoms with Crippen LogP contribution in [0.2, 0.25) is 0 Å². The third-order valence-corrected chi connectivity index (χ3v) is 4.47. The average Bonchev–Trinajstić information content (AvgIpc) is 3.01. The Hall–Kier alpha value is -2.21. The number of rotatable bonds is 8. The van der Waals surface area contributed by atoms with Gasteiger partial charge in [0.2, 0.25) is 5.91 Å². The lowest BCUT2D eigenvalue weighted by atomic mass is 10.1. The van der Waals surface area contributed by atoms with E-state index >= 15 is 0 Å². The lowest BCUT2D eigenvalue weighted by Gasteiger charge is -2.26. The molecule has 0 bridgehead atoms. The highest BCUT2D eigenvalue weighted by Gasteiger charge is 2.18. The predicted octanol–water partition coefficient (Wildman–Crippen LogP) is 4.08. The fourth-order valence-corrected chi connectivity index (χ4v) is 3.34. The molecule has 1 N–H and O–H groups in total. The van der Waals surface area contributed by atoms with Gasteiger partial charge in [-0.25, -0.2) is 4.98 Å². The summed E-state index contributed by atoms with van der Waals surface area (Å²) < 4.78 is 0. The molecule has 0 saturated heterocycles. The van der Waals surface area contributed by atoms with Crippen LogP contribution < -0.4 is 5.32 Å². The summed E-state index contributed by atoms with van der Waals surface area (Å²) in [4.78, 5) is 31.1. The van der Waals surface area contributed by atoms with Gasteiger partial charge in [-0.05, 0) is 24.0 Å². The van der Waals surface area contributed by atoms with Crippen molar-refractivity contribution in [3.63, 3.8) is 0 Å². The van der Waals surface area contributed by atoms with Crippen LogP contribution in [0.5, 0.6) is 0 Å². The van der Waals surface area contributed by atoms with E-state index in [2.05, 4.69) is 38.0 Å². The number of benzene rings is 1. The molecule has 0 atom stereocenters. The molecular weight excluding hydrogens is 346 g/mol. The second-order valence-electron chi connectivity index (χ2n) is 7.23. The number of hydrogen-bond acceptors (Lipinski definition) is 4. The Kier molecular flexibility index (Phi) is 7.33. The summed E-state index contributed by atoms with van der Waals surface area (Å²) in [6, 6.07) is 9.01. The fraction of sp³-hybridized carbons (Fsp3) is 0.450. The molecule has 26 heavy (non-hydrogen) atoms. The quantitative estimate of drug-likeness (QED) is 0.758. The van der Waals surface area contributed by atoms with E-state index in [1.54, 1.807) is 12.1 Å². The van der Waals surface area contributed by atoms with E-state index in [9.17, 15) is 9.59 Å². The Morgan fingerprint density at radius 2 is 1.69 bits per heavy atom. The molecule has 2 amide bonds. The van der Waals surface area contributed by atoms with Crippen molar-refractivity contribution in [1.29, 1.82) is 0 Å². The largest absolute Gasteiger partial charge is 0.342 e. The number of anilines is 1. The predicted molar refractivity (Wildman–Crippen MR) is 106 cm³/mol. The van der Waals surface area contributed by atoms with Crippen LogP contribution in [0.3, 0.4) is 0 Å². The monoisotopic (exact) mass is 373 g/mol. The van der Waals surface area contributed by atoms with E-state index in [0.717, 1.165) is 13.1 Å². The zero-order valence-electron chi connectivity index (χ0n) is 15.9. The van der Waals surface area contributed by atoms with Gasteiger partial charge in [0.15, 0.2) is 5.13 Å². The second-order valence-corrected chi connectivity index (χ2v) is 8.09. The first-order chi connectivity index (χ1) is 12.3. The summed E-state index contributed by atoms with van der Waals surface area (Å²) in [7, 11) is 0. The molecule has 1 aromatic heterocycles. The molecule has 0 radical (unpaired) electrons. The first kappa shape index (κ1) is 20.1. The van der Waals surface area contributed by atoms with E-state index in [1.165, 1.54) is 11.3 Å². The van der Waals surface area contributed by atoms with Crippen LogP contribution in [-0.2, 0) is 11.2 Å². The van der Waals surface area contributed by atoms with Crippen LogP contribution in [0.15, 0.2) is 35.7 Å². The van der Waals surface area contributed by atoms with Gasteiger partial charge in [-0.1, -0.05) is 45.9 Å². The molecule has 5 nitrogen and oxygen atoms in total. The van der Waals surface area contributed by atoms with Gasteiger partial charge in [0, 0.05) is 24.0 Å². The molecule has 1 heterocycles. The van der Waals surface area contributed by atoms with Gasteiger partial charge in [-0.15, -0.1) is 11.3 Å². The molecule has 140 valence electrons. The molecule has 0 spiro atoms. The highest BCUT2D eigenvalue weighted by Crippen LogP contribution is 2.18. The standard InChI is InChI=1S/C20H27N3O2S/c1-14(2)11-23(12-15(3)4)18(24)10-17-13-26-20(21-17)22-19(25)16-8-6-5-7-9-16/h5-9,13-15H,10-12H2,1-4H3,(H,21,22,25). The summed E-state index contributed by atoms with van der Waals surface area (Å²) in [5.74, 6) is 0.736. The third kappa shape index (κ3) is 6.26. The molecule has 0 aliphatic rings. The normalized spacial score (nSPS) is 11.0. The molecule has 2 aromatic rings. The number of amides is 2. The number of aromatic nitrogens is 1. The minimum atomic E-state index is -0.195. The van der Waals surface area contributed by atoms with Crippen molar-refractivity contribution < 1.29 is 9.59 Å². The number of nitrogens with zero attached hydrogens (tertiary/aromatic N) is 2. The maximum Gasteiger partial charge on any atom is 0.257 e. The first-order valence-corrected chi connectivity index (χ1v) is 9.81. The van der Waals surface area contributed by atoms with Crippen molar-refractivity contribution in [1.82, 2.24) is 9.88 Å². The van der Waals surface area contributed by atoms with E-state index in [0.29, 0.717) is 28.2 Å². The number of nitrogens with one attached hydrogen (secondary N) is 1. The molecule has 0 aliphatic heterocycles. The molecule has 0 aliphatic carbocycles. The van der Waals surface area contributed by atoms with Crippen molar-refractivity contribution in [3.8, 4) is 0 Å². The summed E-state index contributed by atoms with van der Waals surface area (Å²) in [6.07, 6.45) is 0.261. The molecule has 0 unspecified atom stereocenters. The summed E-state index contributed by atoms with van der Waals surface area (Å²) in [5.41, 5.74) is 1.28. The Morgan fingerprint density at radius 1 is 1.08 bits per heavy atom. The highest BCUT2D eigenvalue weighted by atomic mass is 32.1. The Morgan fingerprint density at radius 3 is 2.27 bits per heavy atom. The topological polar surface area (TPSA) is 62.3 Å². The highest BCUT2D eigenvalue weighted by molar-refractivity contribution is 7.14. The van der Waals surface area contributed by atoms with Crippen LogP contribution in [0.25, 0.3) is 0 Å². The van der Waals surface area contributed by atoms with Crippen molar-refractivity contribution in [2.24, 2.45) is 11.8 Å². The SMILES string of the molecule is CC(C)CN(CC(C)C)C(=O)Cc1csc(NC(=O)c2ccccc2)n1. The van der Waals surface area contributed by atoms with Gasteiger partial charge in [-0.3, -0.25) is 14.9 Å². The van der Waals surface area contributed by atoms with Gasteiger partial charge in [0.25, 0.3) is 5.91 Å². The van der Waals surface area contributed by atoms with Crippen LogP contribution in [0.1, 0.15) is 43.7 Å². The van der Waals surface area contributed by atoms with Crippen molar-refractivity contribution in [3.05, 3.63) is 47.0 Å². The molecule has 0 fully saturated rings. The van der Waals surface area contributed by atoms with Gasteiger partial charge in [-0.2, -0.15) is 0 Å². The van der Waals surface area contributed by atoms with Gasteiger partial charge < -0.3 is 4.90 Å². The molecule has 1 aromatic carbocycles. The third-order valence-electron chi connectivity index (χ3n) is 3.66. The number of carbonyl (C=O) groups excluding carboxylic acids is 2. The molecule has 0 saturated carbocycles. The van der Waals surface area contributed by atoms with Gasteiger partial charge in [0.1, 0.15) is 0 Å². The van der Waals surface area contributed by atoms with Crippen LogP contribution in [-0.4, -0.2) is 34.8 Å². The Balaban J connectivity index is 1.97. The van der Waals surface area contributed by atoms with Crippen LogP contribution in [0.4, 0.5) is 5.13 Å². The van der Waals surface area contributed by atoms with Crippen LogP contribution in [0, 0.1) is 11.8 Å². The Bertz CT molecular complexity index is 716. The number of hydrogen-bond donors (Lipinski definition) is 1. The summed E-state index contributed by atoms with van der Waals surface area (Å²) >= 11 is 1.34. The zero-order valence-corrected chi connectivity index (χ0v) is 16.7. The van der Waals surface area contributed by atoms with Crippen molar-refractivity contribution in [2.75, 3.05) is 18.4 Å². The first-order valence-electron chi connectivity index (χ1n) is 8.93. The molecule has 6 heteroatoms. The second kappa shape index (κ2) is 9.48. The minimum absolute atomic E-state index is 0.0821. The van der Waals surface area contributed by atoms with E-state index in [4.69, 9.17) is 0 Å². The van der Waals surface area contributed by atoms with E-state index in [1.807, 2.05) is 28.5 Å². The molecular formula is C20H27N3O2S. The smallest absolute Gasteiger partial charge is 0.257 e. The number of carbonyl (C=O) groups is 2. The average molecular weight is 374 g/mol. The summed E-state index contributed by atoms with van der Waals surface area (Å²) in [6.45, 7) is 9.94. The summed E-state index contributed by atoms with van der Waals surface area (Å²) in [5, 5.41) is 5.14. The van der Waals surface area contributed by atoms with E-state index < -0.39 is 0 Å². The number of thiazole rings is 1. The van der Waals surface area contributed by atoms with Crippen LogP contribution >= 0.6 is 11.3 Å². The fourth-order valence-electron chi connectivity index (χ4n) is 2.63. The maximum atomic E-state index is 12.6. The lowest BCUT2D eigenvalue weighted by Crippen LogP contribution is -2.38. The Labute approximate surface area is 159 Å². The van der Waals surface area contributed by atoms with Gasteiger partial charge in [0.05, 0.1) is 12.1 Å². The van der Waals surface area contributed by atoms with E-state index in [-0.39, 0.29) is 18.2 Å². The maximum absolute atomic E-state index is 12.6. The van der Waals surface area contributed by atoms with Gasteiger partial charge >= 0.3 is 0 Å².